The number of aryl methyl sites for hydroxylation is 1. The van der Waals surface area contributed by atoms with Gasteiger partial charge in [0, 0.05) is 6.42 Å². The molecule has 1 heterocycles. The maximum atomic E-state index is 12.1. The number of unbranched alkanes of at least 4 members (excludes halogenated alkanes) is 1. The fourth-order valence-corrected chi connectivity index (χ4v) is 3.07. The number of carbonyl (C=O) groups excluding carboxylic acids is 1. The van der Waals surface area contributed by atoms with Crippen LogP contribution in [0.3, 0.4) is 0 Å². The van der Waals surface area contributed by atoms with Crippen molar-refractivity contribution in [2.45, 2.75) is 52.4 Å². The largest absolute Gasteiger partial charge is 0.483 e. The third kappa shape index (κ3) is 5.30. The Labute approximate surface area is 147 Å². The number of nitrogens with one attached hydrogen (secondary N) is 1. The highest BCUT2D eigenvalue weighted by molar-refractivity contribution is 7.15. The summed E-state index contributed by atoms with van der Waals surface area (Å²) in [5.41, 5.74) is 1.13. The number of nitrogens with zero attached hydrogens (tertiary/aromatic N) is 2. The highest BCUT2D eigenvalue weighted by Crippen LogP contribution is 2.28. The van der Waals surface area contributed by atoms with Crippen LogP contribution in [0.25, 0.3) is 0 Å². The monoisotopic (exact) mass is 347 g/mol. The van der Waals surface area contributed by atoms with E-state index in [2.05, 4.69) is 36.3 Å². The molecule has 1 unspecified atom stereocenters. The van der Waals surface area contributed by atoms with Crippen LogP contribution in [0.5, 0.6) is 5.75 Å². The number of anilines is 1. The Kier molecular flexibility index (Phi) is 7.18. The lowest BCUT2D eigenvalue weighted by Gasteiger charge is -2.15. The first-order valence-corrected chi connectivity index (χ1v) is 9.29. The summed E-state index contributed by atoms with van der Waals surface area (Å²) in [6.45, 7) is 6.40. The number of amides is 1. The molecule has 0 aliphatic rings. The van der Waals surface area contributed by atoms with Crippen molar-refractivity contribution in [1.82, 2.24) is 10.2 Å². The van der Waals surface area contributed by atoms with Gasteiger partial charge in [-0.05, 0) is 30.4 Å². The number of benzene rings is 1. The van der Waals surface area contributed by atoms with Crippen molar-refractivity contribution in [2.24, 2.45) is 0 Å². The first-order valence-electron chi connectivity index (χ1n) is 8.48. The minimum atomic E-state index is -0.216. The number of aromatic nitrogens is 2. The zero-order valence-corrected chi connectivity index (χ0v) is 15.4. The van der Waals surface area contributed by atoms with Crippen LogP contribution in [0.2, 0.25) is 0 Å². The Morgan fingerprint density at radius 1 is 1.29 bits per heavy atom. The summed E-state index contributed by atoms with van der Waals surface area (Å²) < 4.78 is 5.71. The normalized spacial score (nSPS) is 12.0. The highest BCUT2D eigenvalue weighted by Gasteiger charge is 2.12. The van der Waals surface area contributed by atoms with Crippen LogP contribution in [0, 0.1) is 0 Å². The van der Waals surface area contributed by atoms with Crippen molar-refractivity contribution in [1.29, 1.82) is 0 Å². The highest BCUT2D eigenvalue weighted by atomic mass is 32.1. The smallest absolute Gasteiger partial charge is 0.264 e. The summed E-state index contributed by atoms with van der Waals surface area (Å²) in [5, 5.41) is 12.3. The van der Waals surface area contributed by atoms with Crippen molar-refractivity contribution < 1.29 is 9.53 Å². The molecule has 0 saturated heterocycles. The Morgan fingerprint density at radius 2 is 2.08 bits per heavy atom. The Morgan fingerprint density at radius 3 is 2.83 bits per heavy atom. The third-order valence-electron chi connectivity index (χ3n) is 3.88. The fourth-order valence-electron chi connectivity index (χ4n) is 2.27. The maximum Gasteiger partial charge on any atom is 0.264 e. The molecule has 2 aromatic rings. The summed E-state index contributed by atoms with van der Waals surface area (Å²) in [7, 11) is 0. The number of para-hydroxylation sites is 1. The van der Waals surface area contributed by atoms with Gasteiger partial charge in [-0.1, -0.05) is 56.7 Å². The first-order chi connectivity index (χ1) is 11.6. The van der Waals surface area contributed by atoms with Crippen LogP contribution >= 0.6 is 11.3 Å². The Bertz CT molecular complexity index is 657. The van der Waals surface area contributed by atoms with Crippen molar-refractivity contribution in [3.8, 4) is 5.75 Å². The molecule has 130 valence electrons. The summed E-state index contributed by atoms with van der Waals surface area (Å²) in [5.74, 6) is 0.948. The SMILES string of the molecule is CCCCc1nnc(NC(=O)COc2ccccc2C(C)CC)s1. The molecule has 0 aliphatic carbocycles. The minimum Gasteiger partial charge on any atom is -0.483 e. The molecule has 1 aromatic heterocycles. The number of rotatable bonds is 9. The van der Waals surface area contributed by atoms with Gasteiger partial charge in [-0.15, -0.1) is 10.2 Å². The fraction of sp³-hybridized carbons (Fsp3) is 0.500. The standard InChI is InChI=1S/C18H25N3O2S/c1-4-6-11-17-20-21-18(24-17)19-16(22)12-23-15-10-8-7-9-14(15)13(3)5-2/h7-10,13H,4-6,11-12H2,1-3H3,(H,19,21,22). The second-order valence-corrected chi connectivity index (χ2v) is 6.85. The van der Waals surface area contributed by atoms with Crippen LogP contribution < -0.4 is 10.1 Å². The van der Waals surface area contributed by atoms with Crippen molar-refractivity contribution in [2.75, 3.05) is 11.9 Å². The van der Waals surface area contributed by atoms with Crippen LogP contribution in [-0.2, 0) is 11.2 Å². The summed E-state index contributed by atoms with van der Waals surface area (Å²) in [6.07, 6.45) is 4.13. The molecular formula is C18H25N3O2S. The van der Waals surface area contributed by atoms with Crippen LogP contribution in [0.4, 0.5) is 5.13 Å². The van der Waals surface area contributed by atoms with E-state index < -0.39 is 0 Å². The van der Waals surface area contributed by atoms with Gasteiger partial charge in [0.25, 0.3) is 5.91 Å². The Balaban J connectivity index is 1.88. The lowest BCUT2D eigenvalue weighted by molar-refractivity contribution is -0.118. The molecule has 0 fully saturated rings. The van der Waals surface area contributed by atoms with E-state index in [1.54, 1.807) is 0 Å². The number of hydrogen-bond acceptors (Lipinski definition) is 5. The molecule has 0 spiro atoms. The van der Waals surface area contributed by atoms with E-state index in [1.165, 1.54) is 11.3 Å². The molecule has 1 atom stereocenters. The van der Waals surface area contributed by atoms with E-state index >= 15 is 0 Å². The van der Waals surface area contributed by atoms with Gasteiger partial charge in [0.05, 0.1) is 0 Å². The molecule has 0 radical (unpaired) electrons. The van der Waals surface area contributed by atoms with Gasteiger partial charge in [0.1, 0.15) is 10.8 Å². The van der Waals surface area contributed by atoms with Gasteiger partial charge < -0.3 is 4.74 Å². The quantitative estimate of drug-likeness (QED) is 0.729. The van der Waals surface area contributed by atoms with Gasteiger partial charge in [-0.3, -0.25) is 10.1 Å². The lowest BCUT2D eigenvalue weighted by atomic mass is 9.98. The van der Waals surface area contributed by atoms with Gasteiger partial charge in [0.2, 0.25) is 5.13 Å². The molecule has 1 aromatic carbocycles. The van der Waals surface area contributed by atoms with E-state index in [0.717, 1.165) is 42.0 Å². The topological polar surface area (TPSA) is 64.1 Å². The maximum absolute atomic E-state index is 12.1. The van der Waals surface area contributed by atoms with E-state index in [4.69, 9.17) is 4.74 Å². The van der Waals surface area contributed by atoms with Gasteiger partial charge >= 0.3 is 0 Å². The first kappa shape index (κ1) is 18.4. The average molecular weight is 347 g/mol. The molecule has 2 rings (SSSR count). The number of ether oxygens (including phenoxy) is 1. The second-order valence-electron chi connectivity index (χ2n) is 5.79. The van der Waals surface area contributed by atoms with Crippen LogP contribution in [-0.4, -0.2) is 22.7 Å². The summed E-state index contributed by atoms with van der Waals surface area (Å²) >= 11 is 1.42. The second kappa shape index (κ2) is 9.37. The van der Waals surface area contributed by atoms with Crippen LogP contribution in [0.15, 0.2) is 24.3 Å². The van der Waals surface area contributed by atoms with Gasteiger partial charge in [-0.25, -0.2) is 0 Å². The van der Waals surface area contributed by atoms with Gasteiger partial charge in [-0.2, -0.15) is 0 Å². The van der Waals surface area contributed by atoms with Crippen LogP contribution in [0.1, 0.15) is 56.5 Å². The average Bonchev–Trinajstić information content (AvgIpc) is 3.05. The van der Waals surface area contributed by atoms with Crippen molar-refractivity contribution in [3.05, 3.63) is 34.8 Å². The number of hydrogen-bond donors (Lipinski definition) is 1. The lowest BCUT2D eigenvalue weighted by Crippen LogP contribution is -2.20. The molecule has 5 nitrogen and oxygen atoms in total. The minimum absolute atomic E-state index is 0.0304. The molecule has 0 aliphatic heterocycles. The summed E-state index contributed by atoms with van der Waals surface area (Å²) in [4.78, 5) is 12.1. The van der Waals surface area contributed by atoms with Crippen molar-refractivity contribution in [3.63, 3.8) is 0 Å². The van der Waals surface area contributed by atoms with E-state index in [9.17, 15) is 4.79 Å². The molecular weight excluding hydrogens is 322 g/mol. The molecule has 1 amide bonds. The third-order valence-corrected chi connectivity index (χ3v) is 4.78. The molecule has 1 N–H and O–H groups in total. The number of carbonyl (C=O) groups is 1. The van der Waals surface area contributed by atoms with E-state index in [-0.39, 0.29) is 12.5 Å². The molecule has 0 bridgehead atoms. The molecule has 24 heavy (non-hydrogen) atoms. The zero-order valence-electron chi connectivity index (χ0n) is 14.5. The van der Waals surface area contributed by atoms with Gasteiger partial charge in [0.15, 0.2) is 6.61 Å². The molecule has 6 heteroatoms. The van der Waals surface area contributed by atoms with Crippen molar-refractivity contribution >= 4 is 22.4 Å². The summed E-state index contributed by atoms with van der Waals surface area (Å²) in [6, 6.07) is 7.87. The zero-order chi connectivity index (χ0) is 17.4. The predicted molar refractivity (Wildman–Crippen MR) is 97.8 cm³/mol. The molecule has 0 saturated carbocycles. The Hall–Kier alpha value is -1.95. The van der Waals surface area contributed by atoms with E-state index in [0.29, 0.717) is 11.0 Å². The van der Waals surface area contributed by atoms with E-state index in [1.807, 2.05) is 24.3 Å². The predicted octanol–water partition coefficient (Wildman–Crippen LogP) is 4.41.